The lowest BCUT2D eigenvalue weighted by atomic mass is 9.84. The number of aromatic nitrogens is 18. The van der Waals surface area contributed by atoms with Gasteiger partial charge in [0.2, 0.25) is 23.8 Å². The molecule has 18 heterocycles. The molecule has 0 bridgehead atoms. The Morgan fingerprint density at radius 3 is 1.07 bits per heavy atom. The van der Waals surface area contributed by atoms with Crippen LogP contribution in [0.1, 0.15) is 92.7 Å². The summed E-state index contributed by atoms with van der Waals surface area (Å²) in [4.78, 5) is 83.7. The Hall–Kier alpha value is -15.3. The molecule has 36 nitrogen and oxygen atoms in total. The number of aliphatic hydroxyl groups excluding tert-OH is 1. The molecule has 16 aromatic rings. The Balaban J connectivity index is 0.000000113. The molecule has 7 aliphatic heterocycles. The summed E-state index contributed by atoms with van der Waals surface area (Å²) >= 11 is 0. The van der Waals surface area contributed by atoms with E-state index in [1.54, 1.807) is 141 Å². The van der Waals surface area contributed by atoms with Crippen LogP contribution in [-0.2, 0) is 16.8 Å². The van der Waals surface area contributed by atoms with Crippen molar-refractivity contribution in [2.75, 3.05) is 157 Å². The van der Waals surface area contributed by atoms with Gasteiger partial charge in [-0.2, -0.15) is 40.1 Å². The van der Waals surface area contributed by atoms with E-state index in [-0.39, 0.29) is 28.9 Å². The SMILES string of the molecule is C[C@H]1CN(c2nc(N3CCC(O)(c4ccc(O)cc4)CC3)nc3c2ncn3-c2ccncc2)C[C@@H]1O.Cc1nc(N2CCC(O)(c3ccc(O)cc3)CC2)nc2c1ccn2-c1ccc(C#N)cc1.Oc1ccc(C2(O)CCN(c3nc(N4CCCCC4)c4ncn(-c5ccncc5)c4n3)CC2)cc1.Oc1ccc(N2CCN(c3nc(N4CCNCC4)c4ncn(-c5ccncc5)c4n3)CC2)cc1. The fraction of sp³-hybridized carbons (Fsp3) is 0.337. The van der Waals surface area contributed by atoms with Gasteiger partial charge in [-0.15, -0.1) is 0 Å². The number of aliphatic hydroxyl groups is 4. The highest BCUT2D eigenvalue weighted by Gasteiger charge is 2.41. The third-order valence-electron chi connectivity index (χ3n) is 27.5. The third-order valence-corrected chi connectivity index (χ3v) is 27.5. The number of anilines is 8. The number of piperazine rings is 2. The molecule has 7 fully saturated rings. The molecule has 7 aliphatic rings. The van der Waals surface area contributed by atoms with Gasteiger partial charge in [-0.1, -0.05) is 43.3 Å². The molecule has 7 saturated heterocycles. The number of nitriles is 1. The Bertz CT molecular complexity index is 6900. The topological polar surface area (TPSA) is 424 Å². The highest BCUT2D eigenvalue weighted by molar-refractivity contribution is 5.89. The maximum Gasteiger partial charge on any atom is 0.229 e. The summed E-state index contributed by atoms with van der Waals surface area (Å²) in [6.07, 6.45) is 24.3. The van der Waals surface area contributed by atoms with Gasteiger partial charge >= 0.3 is 0 Å². The highest BCUT2D eigenvalue weighted by Crippen LogP contribution is 2.42. The number of aryl methyl sites for hydroxylation is 1. The van der Waals surface area contributed by atoms with Gasteiger partial charge < -0.3 is 89.9 Å². The number of hydrogen-bond donors (Lipinski definition) is 9. The minimum Gasteiger partial charge on any atom is -0.508 e. The lowest BCUT2D eigenvalue weighted by Crippen LogP contribution is -2.47. The first kappa shape index (κ1) is 89.6. The van der Waals surface area contributed by atoms with Crippen molar-refractivity contribution in [3.8, 4) is 51.8 Å². The predicted octanol–water partition coefficient (Wildman–Crippen LogP) is 11.1. The maximum absolute atomic E-state index is 11.3. The van der Waals surface area contributed by atoms with Crippen molar-refractivity contribution in [3.63, 3.8) is 0 Å². The van der Waals surface area contributed by atoms with E-state index in [0.29, 0.717) is 131 Å². The molecular formula is C101H108N28O8. The normalized spacial score (nSPS) is 18.2. The van der Waals surface area contributed by atoms with E-state index in [2.05, 4.69) is 70.5 Å². The van der Waals surface area contributed by atoms with Crippen LogP contribution in [0.15, 0.2) is 226 Å². The molecule has 0 spiro atoms. The molecule has 36 heteroatoms. The fourth-order valence-electron chi connectivity index (χ4n) is 19.3. The molecule has 11 aromatic heterocycles. The number of phenolic OH excluding ortho intramolecular Hbond substituents is 4. The molecular weight excluding hydrogens is 1730 g/mol. The molecule has 0 amide bonds. The first-order valence-corrected chi connectivity index (χ1v) is 46.8. The third kappa shape index (κ3) is 18.8. The standard InChI is InChI=1S/C26H29N7O3.C26H29N7O2.C25H23N5O2.C24H27N9O/c1-17-14-32(15-21(17)35)23-22-24(33(16-28-22)19-6-10-27-11-7-19)30-25(29-23)31-12-8-26(36,9-13-31)18-2-4-20(34)5-3-18;34-21-6-4-19(5-7-21)26(35)10-16-32(17-11-26)25-29-23(31-14-2-1-3-15-31)22-24(30-25)33(18-28-22)20-8-12-27-13-9-20;1-17-22-10-13-30(20-6-2-18(16-26)3-7-20)23(22)28-24(27-17)29-14-11-25(32,12-15-29)19-4-8-21(31)9-5-19;34-20-3-1-18(2-4-20)30-13-15-32(16-14-30)24-28-22(31-11-9-26-10-12-31)21-23(29-24)33(17-27-21)19-5-7-25-8-6-19/h2-7,10-11,16-17,21,34-36H,8-9,12-15H2,1H3;4-9,12-13,18,34-35H,1-3,10-11,14-17H2;2-10,13,31-32H,11-12,14-15H2,1H3;1-8,17,26,34H,9-16H2/t17-,21-;;;/m0.../s1. The van der Waals surface area contributed by atoms with Crippen molar-refractivity contribution in [1.29, 1.82) is 5.26 Å². The monoisotopic (exact) mass is 1840 g/mol. The fourth-order valence-corrected chi connectivity index (χ4v) is 19.3. The Labute approximate surface area is 790 Å². The molecule has 9 N–H and O–H groups in total. The summed E-state index contributed by atoms with van der Waals surface area (Å²) in [5.74, 6) is 6.13. The molecule has 700 valence electrons. The van der Waals surface area contributed by atoms with Crippen molar-refractivity contribution in [1.82, 2.24) is 93.4 Å². The predicted molar refractivity (Wildman–Crippen MR) is 523 cm³/mol. The van der Waals surface area contributed by atoms with E-state index in [0.717, 1.165) is 180 Å². The number of aromatic hydroxyl groups is 4. The summed E-state index contributed by atoms with van der Waals surface area (Å²) in [6, 6.07) is 51.0. The number of nitrogens with zero attached hydrogens (tertiary/aromatic N) is 27. The van der Waals surface area contributed by atoms with E-state index in [1.807, 2.05) is 118 Å². The summed E-state index contributed by atoms with van der Waals surface area (Å²) in [6.45, 7) is 17.8. The average molecular weight is 1840 g/mol. The van der Waals surface area contributed by atoms with Crippen LogP contribution < -0.4 is 44.5 Å². The van der Waals surface area contributed by atoms with Crippen LogP contribution in [0.3, 0.4) is 0 Å². The number of piperidine rings is 4. The summed E-state index contributed by atoms with van der Waals surface area (Å²) in [5, 5.41) is 96.0. The zero-order valence-corrected chi connectivity index (χ0v) is 76.3. The van der Waals surface area contributed by atoms with Crippen molar-refractivity contribution in [3.05, 3.63) is 254 Å². The summed E-state index contributed by atoms with van der Waals surface area (Å²) in [7, 11) is 0. The Kier molecular flexibility index (Phi) is 25.2. The van der Waals surface area contributed by atoms with Crippen LogP contribution in [-0.4, -0.2) is 253 Å². The molecule has 0 unspecified atom stereocenters. The van der Waals surface area contributed by atoms with Gasteiger partial charge in [-0.3, -0.25) is 28.7 Å². The first-order valence-electron chi connectivity index (χ1n) is 46.8. The van der Waals surface area contributed by atoms with Crippen LogP contribution in [0.4, 0.5) is 46.9 Å². The van der Waals surface area contributed by atoms with Crippen molar-refractivity contribution in [2.45, 2.75) is 94.5 Å². The molecule has 5 aromatic carbocycles. The number of pyridine rings is 3. The second kappa shape index (κ2) is 38.6. The smallest absolute Gasteiger partial charge is 0.229 e. The van der Waals surface area contributed by atoms with Crippen molar-refractivity contribution in [2.24, 2.45) is 5.92 Å². The van der Waals surface area contributed by atoms with Crippen molar-refractivity contribution >= 4 is 91.5 Å². The number of hydrogen-bond acceptors (Lipinski definition) is 32. The number of imidazole rings is 3. The van der Waals surface area contributed by atoms with E-state index >= 15 is 0 Å². The lowest BCUT2D eigenvalue weighted by molar-refractivity contribution is 0.0111. The zero-order chi connectivity index (χ0) is 93.9. The van der Waals surface area contributed by atoms with Crippen molar-refractivity contribution < 1.29 is 40.9 Å². The Morgan fingerprint density at radius 2 is 0.686 bits per heavy atom. The molecule has 0 aliphatic carbocycles. The minimum absolute atomic E-state index is 0.135. The maximum atomic E-state index is 11.3. The van der Waals surface area contributed by atoms with E-state index in [4.69, 9.17) is 55.1 Å². The average Bonchev–Trinajstić information content (AvgIpc) is 1.60. The van der Waals surface area contributed by atoms with Gasteiger partial charge in [0.05, 0.1) is 57.3 Å². The van der Waals surface area contributed by atoms with E-state index in [1.165, 1.54) is 6.42 Å². The highest BCUT2D eigenvalue weighted by atomic mass is 16.3. The van der Waals surface area contributed by atoms with Crippen LogP contribution in [0.25, 0.3) is 67.3 Å². The second-order valence-electron chi connectivity index (χ2n) is 36.1. The van der Waals surface area contributed by atoms with Gasteiger partial charge in [0.25, 0.3) is 0 Å². The van der Waals surface area contributed by atoms with Gasteiger partial charge in [0.15, 0.2) is 50.9 Å². The number of fused-ring (bicyclic) bond motifs is 4. The van der Waals surface area contributed by atoms with Crippen LogP contribution >= 0.6 is 0 Å². The molecule has 23 rings (SSSR count). The molecule has 0 saturated carbocycles. The largest absolute Gasteiger partial charge is 0.508 e. The lowest BCUT2D eigenvalue weighted by Gasteiger charge is -2.39. The van der Waals surface area contributed by atoms with E-state index in [9.17, 15) is 40.9 Å². The van der Waals surface area contributed by atoms with Crippen LogP contribution in [0.5, 0.6) is 23.0 Å². The van der Waals surface area contributed by atoms with Crippen LogP contribution in [0.2, 0.25) is 0 Å². The van der Waals surface area contributed by atoms with Gasteiger partial charge in [-0.05, 0) is 209 Å². The minimum atomic E-state index is -0.968. The zero-order valence-electron chi connectivity index (χ0n) is 76.3. The van der Waals surface area contributed by atoms with Gasteiger partial charge in [0, 0.05) is 184 Å². The Morgan fingerprint density at radius 1 is 0.343 bits per heavy atom. The number of phenols is 4. The summed E-state index contributed by atoms with van der Waals surface area (Å²) < 4.78 is 7.94. The first-order chi connectivity index (χ1) is 66.7. The van der Waals surface area contributed by atoms with Gasteiger partial charge in [-0.25, -0.2) is 19.9 Å². The molecule has 0 radical (unpaired) electrons. The number of β-amino-alcohol motifs (C(OH)–C–C–N with tert-alkyl or cyclic N) is 1. The molecule has 137 heavy (non-hydrogen) atoms. The summed E-state index contributed by atoms with van der Waals surface area (Å²) in [5.41, 5.74) is 11.4. The number of rotatable bonds is 15. The number of nitrogens with one attached hydrogen (secondary N) is 1. The molecule has 2 atom stereocenters. The second-order valence-corrected chi connectivity index (χ2v) is 36.1. The number of benzene rings is 5. The quantitative estimate of drug-likeness (QED) is 0.0460. The van der Waals surface area contributed by atoms with E-state index < -0.39 is 22.9 Å². The van der Waals surface area contributed by atoms with Gasteiger partial charge in [0.1, 0.15) is 47.6 Å². The van der Waals surface area contributed by atoms with Crippen LogP contribution in [0, 0.1) is 24.2 Å².